The molecule has 6 rings (SSSR count). The van der Waals surface area contributed by atoms with Crippen LogP contribution in [0.15, 0.2) is 72.8 Å². The number of fused-ring (bicyclic) bond motifs is 1. The predicted molar refractivity (Wildman–Crippen MR) is 136 cm³/mol. The number of anilines is 5. The Kier molecular flexibility index (Phi) is 5.42. The Morgan fingerprint density at radius 2 is 1.34 bits per heavy atom. The first-order valence-electron chi connectivity index (χ1n) is 11.6. The van der Waals surface area contributed by atoms with Crippen molar-refractivity contribution in [2.45, 2.75) is 12.8 Å². The van der Waals surface area contributed by atoms with E-state index in [1.54, 1.807) is 12.1 Å². The smallest absolute Gasteiger partial charge is 0.233 e. The number of para-hydroxylation sites is 2. The first kappa shape index (κ1) is 21.0. The SMILES string of the molecule is Fc1ccc(Nc2nc(Nc3ccc(-c4nc5ccccc5[nH]4)cc3)nc(N3CCCC3)n2)cc1. The molecule has 3 N–H and O–H groups in total. The summed E-state index contributed by atoms with van der Waals surface area (Å²) in [6, 6.07) is 22.0. The summed E-state index contributed by atoms with van der Waals surface area (Å²) in [5.41, 5.74) is 4.47. The van der Waals surface area contributed by atoms with Crippen LogP contribution in [-0.4, -0.2) is 38.0 Å². The van der Waals surface area contributed by atoms with E-state index < -0.39 is 0 Å². The van der Waals surface area contributed by atoms with E-state index in [-0.39, 0.29) is 5.82 Å². The summed E-state index contributed by atoms with van der Waals surface area (Å²) in [5.74, 6) is 1.97. The summed E-state index contributed by atoms with van der Waals surface area (Å²) in [7, 11) is 0. The number of aromatic nitrogens is 5. The van der Waals surface area contributed by atoms with Crippen molar-refractivity contribution in [3.8, 4) is 11.4 Å². The van der Waals surface area contributed by atoms with Gasteiger partial charge in [0, 0.05) is 30.0 Å². The van der Waals surface area contributed by atoms with Gasteiger partial charge in [0.15, 0.2) is 0 Å². The number of hydrogen-bond acceptors (Lipinski definition) is 7. The van der Waals surface area contributed by atoms with Gasteiger partial charge in [-0.25, -0.2) is 9.37 Å². The van der Waals surface area contributed by atoms with Crippen LogP contribution in [0.1, 0.15) is 12.8 Å². The van der Waals surface area contributed by atoms with Gasteiger partial charge in [-0.3, -0.25) is 0 Å². The molecule has 0 radical (unpaired) electrons. The summed E-state index contributed by atoms with van der Waals surface area (Å²) in [4.78, 5) is 24.0. The Labute approximate surface area is 201 Å². The fraction of sp³-hybridized carbons (Fsp3) is 0.154. The molecule has 174 valence electrons. The molecule has 1 saturated heterocycles. The minimum absolute atomic E-state index is 0.294. The van der Waals surface area contributed by atoms with Crippen molar-refractivity contribution in [1.82, 2.24) is 24.9 Å². The average Bonchev–Trinajstić information content (AvgIpc) is 3.56. The van der Waals surface area contributed by atoms with Crippen LogP contribution < -0.4 is 15.5 Å². The molecule has 1 fully saturated rings. The highest BCUT2D eigenvalue weighted by Crippen LogP contribution is 2.25. The van der Waals surface area contributed by atoms with Gasteiger partial charge in [0.2, 0.25) is 17.8 Å². The largest absolute Gasteiger partial charge is 0.341 e. The average molecular weight is 467 g/mol. The molecule has 0 bridgehead atoms. The quantitative estimate of drug-likeness (QED) is 0.298. The number of hydrogen-bond donors (Lipinski definition) is 3. The van der Waals surface area contributed by atoms with Gasteiger partial charge < -0.3 is 20.5 Å². The van der Waals surface area contributed by atoms with Crippen LogP contribution in [-0.2, 0) is 0 Å². The van der Waals surface area contributed by atoms with Crippen molar-refractivity contribution in [1.29, 1.82) is 0 Å². The maximum Gasteiger partial charge on any atom is 0.233 e. The molecule has 3 heterocycles. The van der Waals surface area contributed by atoms with Gasteiger partial charge in [-0.1, -0.05) is 12.1 Å². The number of nitrogens with one attached hydrogen (secondary N) is 3. The molecule has 1 aliphatic heterocycles. The van der Waals surface area contributed by atoms with Gasteiger partial charge in [-0.2, -0.15) is 15.0 Å². The lowest BCUT2D eigenvalue weighted by Crippen LogP contribution is -2.21. The van der Waals surface area contributed by atoms with Crippen molar-refractivity contribution in [3.05, 3.63) is 78.6 Å². The van der Waals surface area contributed by atoms with Crippen LogP contribution in [0.4, 0.5) is 33.6 Å². The third kappa shape index (κ3) is 4.61. The molecule has 35 heavy (non-hydrogen) atoms. The van der Waals surface area contributed by atoms with Crippen LogP contribution in [0.5, 0.6) is 0 Å². The maximum absolute atomic E-state index is 13.3. The number of benzene rings is 3. The van der Waals surface area contributed by atoms with Gasteiger partial charge in [0.05, 0.1) is 11.0 Å². The molecule has 0 unspecified atom stereocenters. The standard InChI is InChI=1S/C26H23FN8/c27-18-9-13-20(14-10-18)29-25-32-24(33-26(34-25)35-15-3-4-16-35)28-19-11-7-17(8-12-19)23-30-21-5-1-2-6-22(21)31-23/h1-2,5-14H,3-4,15-16H2,(H,30,31)(H2,28,29,32,33,34). The number of aromatic amines is 1. The molecule has 0 spiro atoms. The number of imidazole rings is 1. The lowest BCUT2D eigenvalue weighted by molar-refractivity contribution is 0.628. The molecule has 8 nitrogen and oxygen atoms in total. The van der Waals surface area contributed by atoms with E-state index in [0.29, 0.717) is 23.5 Å². The number of rotatable bonds is 6. The Bertz CT molecular complexity index is 1420. The first-order chi connectivity index (χ1) is 17.2. The summed E-state index contributed by atoms with van der Waals surface area (Å²) in [6.07, 6.45) is 2.22. The van der Waals surface area contributed by atoms with E-state index in [2.05, 4.69) is 40.5 Å². The Balaban J connectivity index is 1.26. The van der Waals surface area contributed by atoms with Crippen LogP contribution in [0.25, 0.3) is 22.4 Å². The van der Waals surface area contributed by atoms with Crippen molar-refractivity contribution in [2.75, 3.05) is 28.6 Å². The molecule has 1 aliphatic rings. The highest BCUT2D eigenvalue weighted by Gasteiger charge is 2.18. The number of halogens is 1. The minimum atomic E-state index is -0.294. The molecular formula is C26H23FN8. The normalized spacial score (nSPS) is 13.3. The van der Waals surface area contributed by atoms with E-state index in [4.69, 9.17) is 0 Å². The third-order valence-electron chi connectivity index (χ3n) is 5.92. The lowest BCUT2D eigenvalue weighted by atomic mass is 10.2. The van der Waals surface area contributed by atoms with Crippen molar-refractivity contribution in [3.63, 3.8) is 0 Å². The molecule has 2 aromatic heterocycles. The maximum atomic E-state index is 13.3. The topological polar surface area (TPSA) is 94.6 Å². The molecule has 0 atom stereocenters. The second-order valence-corrected chi connectivity index (χ2v) is 8.41. The highest BCUT2D eigenvalue weighted by atomic mass is 19.1. The zero-order chi connectivity index (χ0) is 23.6. The zero-order valence-corrected chi connectivity index (χ0v) is 18.9. The predicted octanol–water partition coefficient (Wildman–Crippen LogP) is 5.64. The van der Waals surface area contributed by atoms with Gasteiger partial charge in [0.1, 0.15) is 11.6 Å². The molecule has 0 amide bonds. The van der Waals surface area contributed by atoms with Crippen LogP contribution >= 0.6 is 0 Å². The highest BCUT2D eigenvalue weighted by molar-refractivity contribution is 5.79. The summed E-state index contributed by atoms with van der Waals surface area (Å²) < 4.78 is 13.3. The summed E-state index contributed by atoms with van der Waals surface area (Å²) >= 11 is 0. The molecule has 0 aliphatic carbocycles. The first-order valence-corrected chi connectivity index (χ1v) is 11.6. The molecule has 5 aromatic rings. The van der Waals surface area contributed by atoms with Gasteiger partial charge in [-0.15, -0.1) is 0 Å². The van der Waals surface area contributed by atoms with E-state index in [1.807, 2.05) is 48.5 Å². The second-order valence-electron chi connectivity index (χ2n) is 8.41. The van der Waals surface area contributed by atoms with Gasteiger partial charge >= 0.3 is 0 Å². The molecule has 3 aromatic carbocycles. The zero-order valence-electron chi connectivity index (χ0n) is 18.9. The number of H-pyrrole nitrogens is 1. The fourth-order valence-electron chi connectivity index (χ4n) is 4.13. The molecule has 9 heteroatoms. The van der Waals surface area contributed by atoms with Crippen molar-refractivity contribution in [2.24, 2.45) is 0 Å². The van der Waals surface area contributed by atoms with Crippen molar-refractivity contribution >= 4 is 40.3 Å². The summed E-state index contributed by atoms with van der Waals surface area (Å²) in [6.45, 7) is 1.82. The van der Waals surface area contributed by atoms with Crippen molar-refractivity contribution < 1.29 is 4.39 Å². The Morgan fingerprint density at radius 1 is 0.714 bits per heavy atom. The molecular weight excluding hydrogens is 443 g/mol. The minimum Gasteiger partial charge on any atom is -0.341 e. The van der Waals surface area contributed by atoms with Crippen LogP contribution in [0.2, 0.25) is 0 Å². The monoisotopic (exact) mass is 466 g/mol. The number of nitrogens with zero attached hydrogens (tertiary/aromatic N) is 5. The van der Waals surface area contributed by atoms with Crippen LogP contribution in [0, 0.1) is 5.82 Å². The van der Waals surface area contributed by atoms with E-state index in [1.165, 1.54) is 12.1 Å². The third-order valence-corrected chi connectivity index (χ3v) is 5.92. The fourth-order valence-corrected chi connectivity index (χ4v) is 4.13. The Morgan fingerprint density at radius 3 is 2.00 bits per heavy atom. The van der Waals surface area contributed by atoms with Crippen LogP contribution in [0.3, 0.4) is 0 Å². The van der Waals surface area contributed by atoms with Gasteiger partial charge in [-0.05, 0) is 73.5 Å². The van der Waals surface area contributed by atoms with Gasteiger partial charge in [0.25, 0.3) is 0 Å². The lowest BCUT2D eigenvalue weighted by Gasteiger charge is -2.17. The van der Waals surface area contributed by atoms with E-state index in [9.17, 15) is 4.39 Å². The molecule has 0 saturated carbocycles. The summed E-state index contributed by atoms with van der Waals surface area (Å²) in [5, 5.41) is 6.45. The van der Waals surface area contributed by atoms with E-state index in [0.717, 1.165) is 54.0 Å². The second kappa shape index (κ2) is 9.02. The van der Waals surface area contributed by atoms with E-state index >= 15 is 0 Å². The Hall–Kier alpha value is -4.53.